The third-order valence-corrected chi connectivity index (χ3v) is 5.55. The van der Waals surface area contributed by atoms with Crippen LogP contribution in [0.4, 0.5) is 0 Å². The lowest BCUT2D eigenvalue weighted by Crippen LogP contribution is -2.34. The molecule has 4 rings (SSSR count). The van der Waals surface area contributed by atoms with Crippen molar-refractivity contribution in [1.29, 1.82) is 0 Å². The predicted octanol–water partition coefficient (Wildman–Crippen LogP) is 3.41. The van der Waals surface area contributed by atoms with Crippen LogP contribution >= 0.6 is 0 Å². The first-order valence-corrected chi connectivity index (χ1v) is 9.83. The van der Waals surface area contributed by atoms with Crippen molar-refractivity contribution in [3.8, 4) is 0 Å². The number of fused-ring (bicyclic) bond motifs is 1. The number of nitrogens with zero attached hydrogens (tertiary/aromatic N) is 5. The first kappa shape index (κ1) is 18.1. The van der Waals surface area contributed by atoms with Gasteiger partial charge in [-0.05, 0) is 55.9 Å². The summed E-state index contributed by atoms with van der Waals surface area (Å²) in [5.41, 5.74) is 1.39. The highest BCUT2D eigenvalue weighted by molar-refractivity contribution is 5.82. The van der Waals surface area contributed by atoms with E-state index in [2.05, 4.69) is 88.2 Å². The highest BCUT2D eigenvalue weighted by Gasteiger charge is 2.26. The minimum absolute atomic E-state index is 0.465. The summed E-state index contributed by atoms with van der Waals surface area (Å²) < 4.78 is 2.20. The zero-order chi connectivity index (χ0) is 18.8. The Morgan fingerprint density at radius 3 is 2.70 bits per heavy atom. The highest BCUT2D eigenvalue weighted by atomic mass is 15.3. The minimum atomic E-state index is 0.465. The molecule has 5 nitrogen and oxygen atoms in total. The summed E-state index contributed by atoms with van der Waals surface area (Å²) >= 11 is 0. The molecular weight excluding hydrogens is 334 g/mol. The molecule has 0 aliphatic carbocycles. The van der Waals surface area contributed by atoms with Crippen molar-refractivity contribution in [2.45, 2.75) is 31.8 Å². The zero-order valence-electron chi connectivity index (χ0n) is 16.6. The summed E-state index contributed by atoms with van der Waals surface area (Å²) in [4.78, 5) is 4.71. The molecule has 0 N–H and O–H groups in total. The molecule has 1 saturated heterocycles. The van der Waals surface area contributed by atoms with E-state index < -0.39 is 0 Å². The van der Waals surface area contributed by atoms with E-state index in [4.69, 9.17) is 0 Å². The van der Waals surface area contributed by atoms with E-state index in [0.717, 1.165) is 37.8 Å². The molecule has 1 fully saturated rings. The molecule has 0 saturated carbocycles. The van der Waals surface area contributed by atoms with Gasteiger partial charge >= 0.3 is 0 Å². The molecule has 0 spiro atoms. The number of benzene rings is 2. The van der Waals surface area contributed by atoms with E-state index in [-0.39, 0.29) is 0 Å². The molecule has 27 heavy (non-hydrogen) atoms. The average Bonchev–Trinajstić information content (AvgIpc) is 3.02. The zero-order valence-corrected chi connectivity index (χ0v) is 16.6. The Bertz CT molecular complexity index is 914. The SMILES string of the molecule is CN(C)Cc1nnc(C2CCCN(Cc3ccc4ccccc4c3)C2)n1C. The van der Waals surface area contributed by atoms with E-state index in [1.807, 2.05) is 0 Å². The molecular formula is C22H29N5. The quantitative estimate of drug-likeness (QED) is 0.696. The van der Waals surface area contributed by atoms with Gasteiger partial charge in [0.15, 0.2) is 0 Å². The van der Waals surface area contributed by atoms with E-state index in [1.165, 1.54) is 29.2 Å². The molecule has 1 aromatic heterocycles. The fourth-order valence-electron chi connectivity index (χ4n) is 4.16. The standard InChI is InChI=1S/C22H29N5/c1-25(2)16-21-23-24-22(26(21)3)20-9-6-12-27(15-20)14-17-10-11-18-7-4-5-8-19(18)13-17/h4-5,7-8,10-11,13,20H,6,9,12,14-16H2,1-3H3. The molecule has 2 heterocycles. The summed E-state index contributed by atoms with van der Waals surface area (Å²) in [6.07, 6.45) is 2.41. The van der Waals surface area contributed by atoms with Crippen LogP contribution in [0.3, 0.4) is 0 Å². The van der Waals surface area contributed by atoms with Crippen LogP contribution in [-0.4, -0.2) is 51.7 Å². The molecule has 1 aliphatic heterocycles. The Kier molecular flexibility index (Phi) is 5.23. The molecule has 0 radical (unpaired) electrons. The second-order valence-electron chi connectivity index (χ2n) is 8.03. The van der Waals surface area contributed by atoms with Gasteiger partial charge in [0.2, 0.25) is 0 Å². The Morgan fingerprint density at radius 1 is 1.07 bits per heavy atom. The summed E-state index contributed by atoms with van der Waals surface area (Å²) in [6.45, 7) is 4.05. The molecule has 1 aliphatic rings. The van der Waals surface area contributed by atoms with Crippen molar-refractivity contribution in [1.82, 2.24) is 24.6 Å². The van der Waals surface area contributed by atoms with E-state index in [1.54, 1.807) is 0 Å². The van der Waals surface area contributed by atoms with Gasteiger partial charge in [-0.3, -0.25) is 4.90 Å². The van der Waals surface area contributed by atoms with Gasteiger partial charge in [-0.1, -0.05) is 36.4 Å². The summed E-state index contributed by atoms with van der Waals surface area (Å²) in [6, 6.07) is 15.4. The third-order valence-electron chi connectivity index (χ3n) is 5.55. The Hall–Kier alpha value is -2.24. The minimum Gasteiger partial charge on any atom is -0.317 e. The maximum absolute atomic E-state index is 4.53. The largest absolute Gasteiger partial charge is 0.317 e. The van der Waals surface area contributed by atoms with Crippen LogP contribution in [0.2, 0.25) is 0 Å². The van der Waals surface area contributed by atoms with Gasteiger partial charge in [-0.25, -0.2) is 0 Å². The fourth-order valence-corrected chi connectivity index (χ4v) is 4.16. The summed E-state index contributed by atoms with van der Waals surface area (Å²) in [7, 11) is 6.25. The molecule has 1 unspecified atom stereocenters. The summed E-state index contributed by atoms with van der Waals surface area (Å²) in [5.74, 6) is 2.64. The van der Waals surface area contributed by atoms with Crippen molar-refractivity contribution in [3.63, 3.8) is 0 Å². The number of likely N-dealkylation sites (tertiary alicyclic amines) is 1. The van der Waals surface area contributed by atoms with Gasteiger partial charge in [0.1, 0.15) is 11.6 Å². The average molecular weight is 364 g/mol. The van der Waals surface area contributed by atoms with E-state index in [9.17, 15) is 0 Å². The van der Waals surface area contributed by atoms with Crippen LogP contribution < -0.4 is 0 Å². The van der Waals surface area contributed by atoms with Crippen LogP contribution in [0.25, 0.3) is 10.8 Å². The first-order chi connectivity index (χ1) is 13.1. The molecule has 2 aromatic carbocycles. The number of hydrogen-bond donors (Lipinski definition) is 0. The van der Waals surface area contributed by atoms with Crippen molar-refractivity contribution in [2.75, 3.05) is 27.2 Å². The van der Waals surface area contributed by atoms with E-state index >= 15 is 0 Å². The monoisotopic (exact) mass is 363 g/mol. The van der Waals surface area contributed by atoms with Crippen LogP contribution in [0, 0.1) is 0 Å². The van der Waals surface area contributed by atoms with Gasteiger partial charge in [-0.2, -0.15) is 0 Å². The Labute approximate surface area is 161 Å². The smallest absolute Gasteiger partial charge is 0.146 e. The van der Waals surface area contributed by atoms with Crippen molar-refractivity contribution in [3.05, 3.63) is 59.7 Å². The van der Waals surface area contributed by atoms with Crippen LogP contribution in [0.1, 0.15) is 36.0 Å². The van der Waals surface area contributed by atoms with E-state index in [0.29, 0.717) is 5.92 Å². The van der Waals surface area contributed by atoms with Gasteiger partial charge in [0.05, 0.1) is 6.54 Å². The van der Waals surface area contributed by atoms with Crippen molar-refractivity contribution in [2.24, 2.45) is 7.05 Å². The van der Waals surface area contributed by atoms with Crippen LogP contribution in [0.15, 0.2) is 42.5 Å². The predicted molar refractivity (Wildman–Crippen MR) is 110 cm³/mol. The molecule has 3 aromatic rings. The molecule has 0 bridgehead atoms. The van der Waals surface area contributed by atoms with Crippen molar-refractivity contribution < 1.29 is 0 Å². The van der Waals surface area contributed by atoms with Crippen LogP contribution in [-0.2, 0) is 20.1 Å². The molecule has 1 atom stereocenters. The summed E-state index contributed by atoms with van der Waals surface area (Å²) in [5, 5.41) is 11.6. The normalized spacial score (nSPS) is 18.4. The maximum Gasteiger partial charge on any atom is 0.146 e. The first-order valence-electron chi connectivity index (χ1n) is 9.83. The second-order valence-corrected chi connectivity index (χ2v) is 8.03. The topological polar surface area (TPSA) is 37.2 Å². The number of hydrogen-bond acceptors (Lipinski definition) is 4. The van der Waals surface area contributed by atoms with Crippen molar-refractivity contribution >= 4 is 10.8 Å². The van der Waals surface area contributed by atoms with Gasteiger partial charge in [0.25, 0.3) is 0 Å². The molecule has 142 valence electrons. The lowest BCUT2D eigenvalue weighted by atomic mass is 9.96. The number of aromatic nitrogens is 3. The van der Waals surface area contributed by atoms with Gasteiger partial charge in [-0.15, -0.1) is 10.2 Å². The fraction of sp³-hybridized carbons (Fsp3) is 0.455. The lowest BCUT2D eigenvalue weighted by Gasteiger charge is -2.32. The highest BCUT2D eigenvalue weighted by Crippen LogP contribution is 2.27. The third kappa shape index (κ3) is 4.04. The Morgan fingerprint density at radius 2 is 1.89 bits per heavy atom. The Balaban J connectivity index is 1.47. The van der Waals surface area contributed by atoms with Gasteiger partial charge in [0, 0.05) is 26.1 Å². The second kappa shape index (κ2) is 7.79. The van der Waals surface area contributed by atoms with Crippen LogP contribution in [0.5, 0.6) is 0 Å². The lowest BCUT2D eigenvalue weighted by molar-refractivity contribution is 0.195. The van der Waals surface area contributed by atoms with Gasteiger partial charge < -0.3 is 9.47 Å². The molecule has 0 amide bonds. The number of rotatable bonds is 5. The maximum atomic E-state index is 4.53. The molecule has 5 heteroatoms. The number of piperidine rings is 1.